The van der Waals surface area contributed by atoms with Crippen LogP contribution in [0.5, 0.6) is 5.75 Å². The van der Waals surface area contributed by atoms with Gasteiger partial charge in [-0.05, 0) is 19.1 Å². The van der Waals surface area contributed by atoms with Crippen molar-refractivity contribution in [2.75, 3.05) is 18.6 Å². The molecule has 164 valence electrons. The first-order valence-electron chi connectivity index (χ1n) is 9.37. The summed E-state index contributed by atoms with van der Waals surface area (Å²) in [6.07, 6.45) is -0.286. The van der Waals surface area contributed by atoms with E-state index in [1.54, 1.807) is 31.2 Å². The molecule has 0 aliphatic heterocycles. The highest BCUT2D eigenvalue weighted by atomic mass is 32.1. The van der Waals surface area contributed by atoms with Crippen LogP contribution in [0.1, 0.15) is 24.8 Å². The summed E-state index contributed by atoms with van der Waals surface area (Å²) in [4.78, 5) is 29.9. The number of rotatable bonds is 8. The van der Waals surface area contributed by atoms with Gasteiger partial charge in [0.2, 0.25) is 5.91 Å². The van der Waals surface area contributed by atoms with Crippen molar-refractivity contribution in [3.8, 4) is 5.75 Å². The Hall–Kier alpha value is -3.14. The van der Waals surface area contributed by atoms with E-state index in [4.69, 9.17) is 9.47 Å². The van der Waals surface area contributed by atoms with Gasteiger partial charge in [-0.3, -0.25) is 9.59 Å². The van der Waals surface area contributed by atoms with E-state index in [9.17, 15) is 22.8 Å². The molecule has 0 bridgehead atoms. The minimum absolute atomic E-state index is 0.132. The van der Waals surface area contributed by atoms with Crippen molar-refractivity contribution in [1.29, 1.82) is 0 Å². The number of carbonyl (C=O) groups is 2. The van der Waals surface area contributed by atoms with E-state index in [0.29, 0.717) is 17.5 Å². The maximum atomic E-state index is 14.1. The Bertz CT molecular complexity index is 1120. The maximum Gasteiger partial charge on any atom is 0.306 e. The summed E-state index contributed by atoms with van der Waals surface area (Å²) in [7, 11) is 1.44. The lowest BCUT2D eigenvalue weighted by molar-refractivity contribution is -0.144. The molecule has 0 aliphatic carbocycles. The summed E-state index contributed by atoms with van der Waals surface area (Å²) < 4.78 is 51.7. The van der Waals surface area contributed by atoms with Crippen molar-refractivity contribution >= 4 is 39.1 Å². The van der Waals surface area contributed by atoms with Crippen molar-refractivity contribution in [3.05, 3.63) is 52.8 Å². The van der Waals surface area contributed by atoms with Gasteiger partial charge in [0.15, 0.2) is 11.6 Å². The second-order valence-corrected chi connectivity index (χ2v) is 7.48. The van der Waals surface area contributed by atoms with Crippen molar-refractivity contribution in [3.63, 3.8) is 0 Å². The second kappa shape index (κ2) is 9.78. The van der Waals surface area contributed by atoms with E-state index in [0.717, 1.165) is 11.3 Å². The molecule has 0 radical (unpaired) electrons. The van der Waals surface area contributed by atoms with Gasteiger partial charge in [-0.15, -0.1) is 11.3 Å². The number of nitrogens with zero attached hydrogens (tertiary/aromatic N) is 2. The molecule has 1 heterocycles. The summed E-state index contributed by atoms with van der Waals surface area (Å²) in [5, 5.41) is 0.189. The van der Waals surface area contributed by atoms with Crippen LogP contribution in [-0.4, -0.2) is 30.6 Å². The first-order valence-corrected chi connectivity index (χ1v) is 10.2. The van der Waals surface area contributed by atoms with Crippen LogP contribution in [0.15, 0.2) is 30.3 Å². The SMILES string of the molecule is CCOC(=O)CCC(=O)N(Cc1nc2c(F)c(F)cc(F)c2s1)c1ccccc1OC. The van der Waals surface area contributed by atoms with Crippen LogP contribution in [-0.2, 0) is 20.9 Å². The molecule has 1 amide bonds. The third kappa shape index (κ3) is 4.96. The summed E-state index contributed by atoms with van der Waals surface area (Å²) >= 11 is 0.814. The topological polar surface area (TPSA) is 68.7 Å². The minimum atomic E-state index is -1.34. The lowest BCUT2D eigenvalue weighted by atomic mass is 10.2. The van der Waals surface area contributed by atoms with Gasteiger partial charge in [0.05, 0.1) is 37.1 Å². The number of esters is 1. The fourth-order valence-corrected chi connectivity index (χ4v) is 3.92. The predicted molar refractivity (Wildman–Crippen MR) is 110 cm³/mol. The van der Waals surface area contributed by atoms with E-state index in [-0.39, 0.29) is 35.7 Å². The van der Waals surface area contributed by atoms with Gasteiger partial charge in [-0.25, -0.2) is 18.2 Å². The normalized spacial score (nSPS) is 10.9. The van der Waals surface area contributed by atoms with Crippen LogP contribution in [0.4, 0.5) is 18.9 Å². The zero-order valence-corrected chi connectivity index (χ0v) is 17.6. The molecule has 0 saturated heterocycles. The van der Waals surface area contributed by atoms with Gasteiger partial charge in [0.25, 0.3) is 0 Å². The summed E-state index contributed by atoms with van der Waals surface area (Å²) in [5.74, 6) is -4.10. The van der Waals surface area contributed by atoms with E-state index >= 15 is 0 Å². The number of hydrogen-bond acceptors (Lipinski definition) is 6. The molecule has 0 aliphatic rings. The zero-order valence-electron chi connectivity index (χ0n) is 16.8. The van der Waals surface area contributed by atoms with Gasteiger partial charge >= 0.3 is 5.97 Å². The number of aromatic nitrogens is 1. The van der Waals surface area contributed by atoms with Crippen molar-refractivity contribution in [1.82, 2.24) is 4.98 Å². The molecule has 10 heteroatoms. The molecular formula is C21H19F3N2O4S. The largest absolute Gasteiger partial charge is 0.495 e. The number of methoxy groups -OCH3 is 1. The fraction of sp³-hybridized carbons (Fsp3) is 0.286. The molecule has 0 unspecified atom stereocenters. The Labute approximate surface area is 180 Å². The third-order valence-corrected chi connectivity index (χ3v) is 5.43. The lowest BCUT2D eigenvalue weighted by Crippen LogP contribution is -2.31. The Morgan fingerprint density at radius 3 is 2.58 bits per heavy atom. The number of fused-ring (bicyclic) bond motifs is 1. The number of para-hydroxylation sites is 2. The van der Waals surface area contributed by atoms with E-state index in [2.05, 4.69) is 4.98 Å². The molecule has 3 aromatic rings. The smallest absolute Gasteiger partial charge is 0.306 e. The van der Waals surface area contributed by atoms with Crippen LogP contribution in [0.2, 0.25) is 0 Å². The number of amides is 1. The zero-order chi connectivity index (χ0) is 22.5. The maximum absolute atomic E-state index is 14.1. The number of halogens is 3. The summed E-state index contributed by atoms with van der Waals surface area (Å²) in [6.45, 7) is 1.71. The van der Waals surface area contributed by atoms with Gasteiger partial charge in [0, 0.05) is 12.5 Å². The Morgan fingerprint density at radius 2 is 1.87 bits per heavy atom. The van der Waals surface area contributed by atoms with Crippen LogP contribution < -0.4 is 9.64 Å². The van der Waals surface area contributed by atoms with E-state index in [1.807, 2.05) is 0 Å². The Balaban J connectivity index is 1.96. The van der Waals surface area contributed by atoms with Crippen molar-refractivity contribution in [2.45, 2.75) is 26.3 Å². The molecule has 0 N–H and O–H groups in total. The monoisotopic (exact) mass is 452 g/mol. The number of carbonyl (C=O) groups excluding carboxylic acids is 2. The summed E-state index contributed by atoms with van der Waals surface area (Å²) in [6, 6.07) is 7.15. The van der Waals surface area contributed by atoms with Crippen LogP contribution in [0, 0.1) is 17.5 Å². The van der Waals surface area contributed by atoms with Crippen molar-refractivity contribution < 1.29 is 32.2 Å². The third-order valence-electron chi connectivity index (χ3n) is 4.38. The van der Waals surface area contributed by atoms with Crippen LogP contribution in [0.3, 0.4) is 0 Å². The minimum Gasteiger partial charge on any atom is -0.495 e. The molecule has 6 nitrogen and oxygen atoms in total. The highest BCUT2D eigenvalue weighted by Gasteiger charge is 2.24. The molecular weight excluding hydrogens is 433 g/mol. The van der Waals surface area contributed by atoms with E-state index in [1.165, 1.54) is 12.0 Å². The molecule has 1 aromatic heterocycles. The number of ether oxygens (including phenoxy) is 2. The molecule has 0 fully saturated rings. The molecule has 31 heavy (non-hydrogen) atoms. The van der Waals surface area contributed by atoms with Gasteiger partial charge in [-0.1, -0.05) is 12.1 Å². The van der Waals surface area contributed by atoms with E-state index < -0.39 is 34.8 Å². The number of thiazole rings is 1. The number of hydrogen-bond donors (Lipinski definition) is 0. The quantitative estimate of drug-likeness (QED) is 0.369. The highest BCUT2D eigenvalue weighted by molar-refractivity contribution is 7.18. The average Bonchev–Trinajstić information content (AvgIpc) is 3.19. The molecule has 0 saturated carbocycles. The first kappa shape index (κ1) is 22.5. The van der Waals surface area contributed by atoms with Gasteiger partial charge < -0.3 is 14.4 Å². The lowest BCUT2D eigenvalue weighted by Gasteiger charge is -2.23. The van der Waals surface area contributed by atoms with Gasteiger partial charge in [0.1, 0.15) is 22.1 Å². The molecule has 3 rings (SSSR count). The molecule has 0 spiro atoms. The second-order valence-electron chi connectivity index (χ2n) is 6.40. The standard InChI is InChI=1S/C21H19F3N2O4S/c1-3-30-18(28)9-8-17(27)26(14-6-4-5-7-15(14)29-2)11-16-25-20-19(24)12(22)10-13(23)21(20)31-16/h4-7,10H,3,8-9,11H2,1-2H3. The number of anilines is 1. The van der Waals surface area contributed by atoms with Crippen molar-refractivity contribution in [2.24, 2.45) is 0 Å². The fourth-order valence-electron chi connectivity index (χ4n) is 2.97. The van der Waals surface area contributed by atoms with Gasteiger partial charge in [-0.2, -0.15) is 0 Å². The average molecular weight is 452 g/mol. The highest BCUT2D eigenvalue weighted by Crippen LogP contribution is 2.33. The van der Waals surface area contributed by atoms with Crippen LogP contribution >= 0.6 is 11.3 Å². The Kier molecular flexibility index (Phi) is 7.11. The molecule has 0 atom stereocenters. The summed E-state index contributed by atoms with van der Waals surface area (Å²) in [5.41, 5.74) is -0.0401. The molecule has 2 aromatic carbocycles. The Morgan fingerprint density at radius 1 is 1.13 bits per heavy atom. The predicted octanol–water partition coefficient (Wildman–Crippen LogP) is 4.60. The number of benzene rings is 2. The first-order chi connectivity index (χ1) is 14.8. The van der Waals surface area contributed by atoms with Crippen LogP contribution in [0.25, 0.3) is 10.2 Å².